The summed E-state index contributed by atoms with van der Waals surface area (Å²) in [6.07, 6.45) is 8.66. The third-order valence-electron chi connectivity index (χ3n) is 11.3. The van der Waals surface area contributed by atoms with Crippen molar-refractivity contribution in [3.63, 3.8) is 0 Å². The number of aromatic nitrogens is 1. The third kappa shape index (κ3) is 7.39. The fraction of sp³-hybridized carbons (Fsp3) is 0.487. The predicted molar refractivity (Wildman–Crippen MR) is 199 cm³/mol. The SMILES string of the molecule is CN1CCCC/C=C\[C@@H]2C[C@@]2(C(=O)NS(=O)(=O)C2(C)CC2)CC(=O)[C@@H]2C[C@@H](Oc3nc(-c4ccc(Cl)cc4)sc3-c3ccccc3)CC[C@H]2C1=O. The van der Waals surface area contributed by atoms with Crippen molar-refractivity contribution in [1.29, 1.82) is 0 Å². The van der Waals surface area contributed by atoms with Crippen molar-refractivity contribution < 1.29 is 27.5 Å². The molecule has 0 spiro atoms. The molecule has 7 rings (SSSR count). The van der Waals surface area contributed by atoms with Gasteiger partial charge < -0.3 is 9.64 Å². The number of thiazole rings is 1. The molecule has 9 nitrogen and oxygen atoms in total. The average Bonchev–Trinajstić information content (AvgIpc) is 4.00. The minimum atomic E-state index is -3.88. The Morgan fingerprint density at radius 3 is 2.49 bits per heavy atom. The lowest BCUT2D eigenvalue weighted by atomic mass is 9.72. The van der Waals surface area contributed by atoms with Gasteiger partial charge in [-0.05, 0) is 88.3 Å². The maximum Gasteiger partial charge on any atom is 0.240 e. The van der Waals surface area contributed by atoms with Gasteiger partial charge in [-0.25, -0.2) is 13.4 Å². The van der Waals surface area contributed by atoms with E-state index in [2.05, 4.69) is 4.72 Å². The Labute approximate surface area is 308 Å². The smallest absolute Gasteiger partial charge is 0.240 e. The van der Waals surface area contributed by atoms with Gasteiger partial charge in [0.25, 0.3) is 0 Å². The molecule has 0 bridgehead atoms. The summed E-state index contributed by atoms with van der Waals surface area (Å²) >= 11 is 7.67. The fourth-order valence-electron chi connectivity index (χ4n) is 7.55. The van der Waals surface area contributed by atoms with Crippen LogP contribution in [-0.4, -0.2) is 60.3 Å². The van der Waals surface area contributed by atoms with Gasteiger partial charge in [-0.1, -0.05) is 66.2 Å². The summed E-state index contributed by atoms with van der Waals surface area (Å²) in [7, 11) is -2.09. The fourth-order valence-corrected chi connectivity index (χ4v) is 10.0. The zero-order valence-electron chi connectivity index (χ0n) is 29.0. The lowest BCUT2D eigenvalue weighted by Crippen LogP contribution is -2.47. The molecule has 0 unspecified atom stereocenters. The Morgan fingerprint density at radius 2 is 1.76 bits per heavy atom. The number of nitrogens with zero attached hydrogens (tertiary/aromatic N) is 2. The number of benzene rings is 2. The molecule has 3 saturated carbocycles. The summed E-state index contributed by atoms with van der Waals surface area (Å²) in [6, 6.07) is 17.4. The van der Waals surface area contributed by atoms with Gasteiger partial charge in [-0.2, -0.15) is 0 Å². The number of carbonyl (C=O) groups is 3. The van der Waals surface area contributed by atoms with E-state index in [0.29, 0.717) is 56.0 Å². The molecule has 51 heavy (non-hydrogen) atoms. The van der Waals surface area contributed by atoms with E-state index in [-0.39, 0.29) is 24.0 Å². The zero-order valence-corrected chi connectivity index (χ0v) is 31.4. The van der Waals surface area contributed by atoms with Crippen LogP contribution >= 0.6 is 22.9 Å². The number of ketones is 1. The third-order valence-corrected chi connectivity index (χ3v) is 14.8. The molecular weight excluding hydrogens is 706 g/mol. The van der Waals surface area contributed by atoms with Gasteiger partial charge in [-0.15, -0.1) is 11.3 Å². The minimum Gasteiger partial charge on any atom is -0.473 e. The quantitative estimate of drug-likeness (QED) is 0.249. The van der Waals surface area contributed by atoms with E-state index in [4.69, 9.17) is 21.3 Å². The lowest BCUT2D eigenvalue weighted by molar-refractivity contribution is -0.144. The van der Waals surface area contributed by atoms with Crippen molar-refractivity contribution in [1.82, 2.24) is 14.6 Å². The number of allylic oxidation sites excluding steroid dienone is 2. The van der Waals surface area contributed by atoms with Crippen molar-refractivity contribution in [2.75, 3.05) is 13.6 Å². The summed E-state index contributed by atoms with van der Waals surface area (Å²) in [4.78, 5) is 49.8. The van der Waals surface area contributed by atoms with Crippen LogP contribution in [-0.2, 0) is 24.4 Å². The number of carbonyl (C=O) groups excluding carboxylic acids is 3. The van der Waals surface area contributed by atoms with E-state index < -0.39 is 44.0 Å². The van der Waals surface area contributed by atoms with Gasteiger partial charge in [0.05, 0.1) is 15.0 Å². The highest BCUT2D eigenvalue weighted by atomic mass is 35.5. The van der Waals surface area contributed by atoms with Crippen molar-refractivity contribution in [2.45, 2.75) is 82.0 Å². The van der Waals surface area contributed by atoms with E-state index >= 15 is 0 Å². The second-order valence-corrected chi connectivity index (χ2v) is 18.6. The number of fused-ring (bicyclic) bond motifs is 2. The van der Waals surface area contributed by atoms with Crippen LogP contribution in [0.15, 0.2) is 66.7 Å². The molecular formula is C39H44ClN3O6S2. The van der Waals surface area contributed by atoms with E-state index in [1.807, 2.05) is 66.7 Å². The van der Waals surface area contributed by atoms with Gasteiger partial charge in [-0.3, -0.25) is 19.1 Å². The molecule has 2 aromatic carbocycles. The first kappa shape index (κ1) is 35.8. The summed E-state index contributed by atoms with van der Waals surface area (Å²) in [5.41, 5.74) is 0.705. The molecule has 3 aromatic rings. The molecule has 0 radical (unpaired) electrons. The van der Waals surface area contributed by atoms with Crippen molar-refractivity contribution in [3.8, 4) is 26.9 Å². The Balaban J connectivity index is 1.18. The number of nitrogens with one attached hydrogen (secondary N) is 1. The van der Waals surface area contributed by atoms with Crippen LogP contribution in [0.25, 0.3) is 21.0 Å². The molecule has 4 aliphatic rings. The van der Waals surface area contributed by atoms with E-state index in [1.54, 1.807) is 18.9 Å². The van der Waals surface area contributed by atoms with E-state index in [1.165, 1.54) is 11.3 Å². The molecule has 2 amide bonds. The first-order chi connectivity index (χ1) is 24.4. The first-order valence-electron chi connectivity index (χ1n) is 17.9. The number of Topliss-reactive ketones (excluding diaryl/α,β-unsaturated/α-hetero) is 1. The summed E-state index contributed by atoms with van der Waals surface area (Å²) in [5.74, 6) is -1.90. The second-order valence-electron chi connectivity index (χ2n) is 15.0. The monoisotopic (exact) mass is 749 g/mol. The van der Waals surface area contributed by atoms with Crippen LogP contribution in [0.2, 0.25) is 5.02 Å². The average molecular weight is 750 g/mol. The second kappa shape index (κ2) is 14.1. The highest BCUT2D eigenvalue weighted by Gasteiger charge is 2.62. The standard InChI is InChI=1S/C39H44ClN3O6S2/c1-38(19-20-38)51(47,48)42-37(46)39-23-27(39)12-8-3-4-9-21-43(2)36(45)30-18-17-29(22-31(30)32(44)24-39)49-34-33(25-10-6-5-7-11-25)50-35(41-34)26-13-15-28(40)16-14-26/h5-8,10-16,27,29-31H,3-4,9,17-24H2,1-2H3,(H,42,46)/b12-8-/t27-,29+,30-,31-,39-/m1/s1. The van der Waals surface area contributed by atoms with Gasteiger partial charge in [0, 0.05) is 42.4 Å². The van der Waals surface area contributed by atoms with Crippen LogP contribution in [0.5, 0.6) is 5.88 Å². The number of hydrogen-bond acceptors (Lipinski definition) is 8. The summed E-state index contributed by atoms with van der Waals surface area (Å²) in [6.45, 7) is 2.24. The molecule has 5 atom stereocenters. The molecule has 270 valence electrons. The van der Waals surface area contributed by atoms with Crippen LogP contribution in [0, 0.1) is 23.2 Å². The van der Waals surface area contributed by atoms with Crippen LogP contribution in [0.4, 0.5) is 0 Å². The number of sulfonamides is 1. The number of rotatable bonds is 7. The lowest BCUT2D eigenvalue weighted by Gasteiger charge is -2.37. The van der Waals surface area contributed by atoms with Crippen molar-refractivity contribution >= 4 is 50.6 Å². The largest absolute Gasteiger partial charge is 0.473 e. The normalized spacial score (nSPS) is 28.5. The van der Waals surface area contributed by atoms with E-state index in [9.17, 15) is 22.8 Å². The van der Waals surface area contributed by atoms with Crippen LogP contribution < -0.4 is 9.46 Å². The van der Waals surface area contributed by atoms with Gasteiger partial charge in [0.15, 0.2) is 0 Å². The van der Waals surface area contributed by atoms with Crippen LogP contribution in [0.1, 0.15) is 71.1 Å². The maximum absolute atomic E-state index is 14.5. The highest BCUT2D eigenvalue weighted by molar-refractivity contribution is 7.91. The van der Waals surface area contributed by atoms with Crippen molar-refractivity contribution in [2.24, 2.45) is 23.2 Å². The number of hydrogen-bond donors (Lipinski definition) is 1. The van der Waals surface area contributed by atoms with Gasteiger partial charge in [0.1, 0.15) is 16.9 Å². The Bertz CT molecular complexity index is 1940. The number of halogens is 1. The zero-order chi connectivity index (χ0) is 36.0. The van der Waals surface area contributed by atoms with Crippen molar-refractivity contribution in [3.05, 3.63) is 71.8 Å². The van der Waals surface area contributed by atoms with Crippen LogP contribution in [0.3, 0.4) is 0 Å². The molecule has 1 N–H and O–H groups in total. The Kier molecular flexibility index (Phi) is 9.92. The van der Waals surface area contributed by atoms with Gasteiger partial charge in [0.2, 0.25) is 27.7 Å². The highest BCUT2D eigenvalue weighted by Crippen LogP contribution is 2.58. The number of ether oxygens (including phenoxy) is 1. The topological polar surface area (TPSA) is 123 Å². The van der Waals surface area contributed by atoms with Gasteiger partial charge >= 0.3 is 0 Å². The molecule has 3 fully saturated rings. The first-order valence-corrected chi connectivity index (χ1v) is 20.6. The summed E-state index contributed by atoms with van der Waals surface area (Å²) in [5, 5.41) is 1.40. The van der Waals surface area contributed by atoms with E-state index in [0.717, 1.165) is 40.3 Å². The molecule has 12 heteroatoms. The number of amides is 2. The molecule has 3 aliphatic carbocycles. The Morgan fingerprint density at radius 1 is 1.02 bits per heavy atom. The maximum atomic E-state index is 14.5. The molecule has 0 saturated heterocycles. The molecule has 1 aromatic heterocycles. The Hall–Kier alpha value is -3.54. The predicted octanol–water partition coefficient (Wildman–Crippen LogP) is 7.46. The minimum absolute atomic E-state index is 0.0712. The molecule has 2 heterocycles. The summed E-state index contributed by atoms with van der Waals surface area (Å²) < 4.78 is 34.3. The molecule has 1 aliphatic heterocycles.